The summed E-state index contributed by atoms with van der Waals surface area (Å²) in [6.45, 7) is 3.29. The minimum absolute atomic E-state index is 0.414. The summed E-state index contributed by atoms with van der Waals surface area (Å²) in [4.78, 5) is 2.65. The van der Waals surface area contributed by atoms with E-state index in [0.717, 1.165) is 25.6 Å². The van der Waals surface area contributed by atoms with Gasteiger partial charge in [-0.25, -0.2) is 0 Å². The lowest BCUT2D eigenvalue weighted by atomic mass is 10.2. The molecule has 2 unspecified atom stereocenters. The van der Waals surface area contributed by atoms with E-state index in [1.54, 1.807) is 11.3 Å². The summed E-state index contributed by atoms with van der Waals surface area (Å²) in [7, 11) is 1.82. The zero-order valence-corrected chi connectivity index (χ0v) is 11.8. The van der Waals surface area contributed by atoms with Crippen LogP contribution in [0.25, 0.3) is 0 Å². The van der Waals surface area contributed by atoms with Gasteiger partial charge in [0.05, 0.1) is 6.10 Å². The van der Waals surface area contributed by atoms with Gasteiger partial charge in [-0.15, -0.1) is 0 Å². The number of nitrogens with one attached hydrogen (secondary N) is 1. The van der Waals surface area contributed by atoms with E-state index >= 15 is 0 Å². The second kappa shape index (κ2) is 5.70. The number of ether oxygens (including phenoxy) is 1. The Morgan fingerprint density at radius 2 is 2.39 bits per heavy atom. The van der Waals surface area contributed by atoms with Crippen LogP contribution in [0, 0.1) is 0 Å². The van der Waals surface area contributed by atoms with Crippen LogP contribution in [-0.2, 0) is 11.3 Å². The number of methoxy groups -OCH3 is 1. The van der Waals surface area contributed by atoms with Crippen LogP contribution in [0.5, 0.6) is 0 Å². The van der Waals surface area contributed by atoms with Crippen molar-refractivity contribution in [3.8, 4) is 0 Å². The molecule has 3 nitrogen and oxygen atoms in total. The molecule has 1 saturated carbocycles. The molecule has 1 aliphatic heterocycles. The molecule has 1 aliphatic carbocycles. The van der Waals surface area contributed by atoms with E-state index in [2.05, 4.69) is 27.0 Å². The lowest BCUT2D eigenvalue weighted by Gasteiger charge is -2.25. The Morgan fingerprint density at radius 3 is 3.00 bits per heavy atom. The first-order chi connectivity index (χ1) is 8.85. The van der Waals surface area contributed by atoms with E-state index in [0.29, 0.717) is 12.1 Å². The second-order valence-electron chi connectivity index (χ2n) is 5.49. The topological polar surface area (TPSA) is 24.5 Å². The molecule has 0 bridgehead atoms. The van der Waals surface area contributed by atoms with Crippen LogP contribution in [0.2, 0.25) is 0 Å². The molecule has 2 atom stereocenters. The van der Waals surface area contributed by atoms with Gasteiger partial charge in [0.15, 0.2) is 0 Å². The standard InChI is InChI=1S/C14H22N2OS/c1-17-14-6-12(15-7-14)9-16(13-2-3-13)8-11-4-5-18-10-11/h4-5,10,12-15H,2-3,6-9H2,1H3. The molecule has 0 aromatic carbocycles. The van der Waals surface area contributed by atoms with Crippen molar-refractivity contribution in [3.63, 3.8) is 0 Å². The quantitative estimate of drug-likeness (QED) is 0.853. The highest BCUT2D eigenvalue weighted by molar-refractivity contribution is 7.07. The Hall–Kier alpha value is -0.420. The average molecular weight is 266 g/mol. The maximum absolute atomic E-state index is 5.43. The lowest BCUT2D eigenvalue weighted by molar-refractivity contribution is 0.115. The van der Waals surface area contributed by atoms with Crippen molar-refractivity contribution in [1.82, 2.24) is 10.2 Å². The first-order valence-electron chi connectivity index (χ1n) is 6.86. The molecule has 2 heterocycles. The molecule has 18 heavy (non-hydrogen) atoms. The van der Waals surface area contributed by atoms with E-state index in [-0.39, 0.29) is 0 Å². The number of nitrogens with zero attached hydrogens (tertiary/aromatic N) is 1. The van der Waals surface area contributed by atoms with Crippen LogP contribution < -0.4 is 5.32 Å². The summed E-state index contributed by atoms with van der Waals surface area (Å²) in [6.07, 6.45) is 4.33. The van der Waals surface area contributed by atoms with Crippen molar-refractivity contribution in [2.24, 2.45) is 0 Å². The van der Waals surface area contributed by atoms with E-state index in [4.69, 9.17) is 4.74 Å². The first-order valence-corrected chi connectivity index (χ1v) is 7.80. The first kappa shape index (κ1) is 12.6. The summed E-state index contributed by atoms with van der Waals surface area (Å²) in [5.74, 6) is 0. The maximum atomic E-state index is 5.43. The van der Waals surface area contributed by atoms with Crippen LogP contribution in [0.1, 0.15) is 24.8 Å². The van der Waals surface area contributed by atoms with Crippen molar-refractivity contribution < 1.29 is 4.74 Å². The van der Waals surface area contributed by atoms with E-state index in [9.17, 15) is 0 Å². The molecule has 0 spiro atoms. The highest BCUT2D eigenvalue weighted by atomic mass is 32.1. The summed E-state index contributed by atoms with van der Waals surface area (Å²) >= 11 is 1.80. The molecule has 1 N–H and O–H groups in total. The van der Waals surface area contributed by atoms with E-state index in [1.165, 1.54) is 24.9 Å². The molecular formula is C14H22N2OS. The van der Waals surface area contributed by atoms with E-state index in [1.807, 2.05) is 7.11 Å². The van der Waals surface area contributed by atoms with Gasteiger partial charge in [0, 0.05) is 38.8 Å². The third-order valence-electron chi connectivity index (χ3n) is 4.00. The third kappa shape index (κ3) is 3.12. The summed E-state index contributed by atoms with van der Waals surface area (Å²) in [5, 5.41) is 8.04. The van der Waals surface area contributed by atoms with Crippen molar-refractivity contribution in [2.45, 2.75) is 44.0 Å². The van der Waals surface area contributed by atoms with Gasteiger partial charge < -0.3 is 10.1 Å². The lowest BCUT2D eigenvalue weighted by Crippen LogP contribution is -2.38. The predicted molar refractivity (Wildman–Crippen MR) is 75.0 cm³/mol. The highest BCUT2D eigenvalue weighted by Gasteiger charge is 2.33. The Labute approximate surface area is 113 Å². The van der Waals surface area contributed by atoms with Gasteiger partial charge in [-0.05, 0) is 41.7 Å². The SMILES string of the molecule is COC1CNC(CN(Cc2ccsc2)C2CC2)C1. The molecule has 2 fully saturated rings. The van der Waals surface area contributed by atoms with Gasteiger partial charge >= 0.3 is 0 Å². The van der Waals surface area contributed by atoms with Crippen LogP contribution in [0.3, 0.4) is 0 Å². The zero-order valence-electron chi connectivity index (χ0n) is 11.0. The van der Waals surface area contributed by atoms with Crippen molar-refractivity contribution >= 4 is 11.3 Å². The fraction of sp³-hybridized carbons (Fsp3) is 0.714. The van der Waals surface area contributed by atoms with Gasteiger partial charge in [-0.2, -0.15) is 11.3 Å². The Morgan fingerprint density at radius 1 is 1.50 bits per heavy atom. The molecule has 0 amide bonds. The maximum Gasteiger partial charge on any atom is 0.0711 e. The highest BCUT2D eigenvalue weighted by Crippen LogP contribution is 2.29. The number of hydrogen-bond acceptors (Lipinski definition) is 4. The van der Waals surface area contributed by atoms with Gasteiger partial charge in [0.1, 0.15) is 0 Å². The molecule has 1 aromatic heterocycles. The molecule has 1 saturated heterocycles. The predicted octanol–water partition coefficient (Wildman–Crippen LogP) is 2.09. The largest absolute Gasteiger partial charge is 0.380 e. The smallest absolute Gasteiger partial charge is 0.0711 e. The molecule has 4 heteroatoms. The molecular weight excluding hydrogens is 244 g/mol. The fourth-order valence-electron chi connectivity index (χ4n) is 2.78. The Kier molecular flexibility index (Phi) is 3.99. The van der Waals surface area contributed by atoms with Gasteiger partial charge in [-0.3, -0.25) is 4.90 Å². The minimum atomic E-state index is 0.414. The number of thiophene rings is 1. The van der Waals surface area contributed by atoms with Crippen molar-refractivity contribution in [3.05, 3.63) is 22.4 Å². The van der Waals surface area contributed by atoms with Crippen LogP contribution >= 0.6 is 11.3 Å². The second-order valence-corrected chi connectivity index (χ2v) is 6.27. The number of rotatable bonds is 6. The summed E-state index contributed by atoms with van der Waals surface area (Å²) in [5.41, 5.74) is 1.47. The number of hydrogen-bond donors (Lipinski definition) is 1. The van der Waals surface area contributed by atoms with Crippen molar-refractivity contribution in [2.75, 3.05) is 20.2 Å². The average Bonchev–Trinajstić information content (AvgIpc) is 2.92. The molecule has 1 aromatic rings. The summed E-state index contributed by atoms with van der Waals surface area (Å²) < 4.78 is 5.43. The van der Waals surface area contributed by atoms with Crippen LogP contribution in [-0.4, -0.2) is 43.3 Å². The van der Waals surface area contributed by atoms with Gasteiger partial charge in [-0.1, -0.05) is 0 Å². The molecule has 2 aliphatic rings. The van der Waals surface area contributed by atoms with Gasteiger partial charge in [0.2, 0.25) is 0 Å². The monoisotopic (exact) mass is 266 g/mol. The normalized spacial score (nSPS) is 28.1. The summed E-state index contributed by atoms with van der Waals surface area (Å²) in [6, 6.07) is 3.68. The Balaban J connectivity index is 1.54. The molecule has 0 radical (unpaired) electrons. The van der Waals surface area contributed by atoms with E-state index < -0.39 is 0 Å². The zero-order chi connectivity index (χ0) is 12.4. The minimum Gasteiger partial charge on any atom is -0.380 e. The van der Waals surface area contributed by atoms with Crippen molar-refractivity contribution in [1.29, 1.82) is 0 Å². The third-order valence-corrected chi connectivity index (χ3v) is 4.73. The van der Waals surface area contributed by atoms with Gasteiger partial charge in [0.25, 0.3) is 0 Å². The fourth-order valence-corrected chi connectivity index (χ4v) is 3.44. The Bertz CT molecular complexity index is 364. The van der Waals surface area contributed by atoms with Crippen LogP contribution in [0.4, 0.5) is 0 Å². The molecule has 3 rings (SSSR count). The molecule has 100 valence electrons. The van der Waals surface area contributed by atoms with Crippen LogP contribution in [0.15, 0.2) is 16.8 Å².